The fourth-order valence-electron chi connectivity index (χ4n) is 3.00. The van der Waals surface area contributed by atoms with E-state index in [9.17, 15) is 4.79 Å². The average Bonchev–Trinajstić information content (AvgIpc) is 3.26. The molecule has 3 rings (SSSR count). The number of rotatable bonds is 7. The molecule has 120 valence electrons. The molecule has 2 aliphatic rings. The second kappa shape index (κ2) is 7.31. The van der Waals surface area contributed by atoms with Gasteiger partial charge in [0.2, 0.25) is 5.91 Å². The normalized spacial score (nSPS) is 19.1. The van der Waals surface area contributed by atoms with E-state index in [1.54, 1.807) is 0 Å². The first-order chi connectivity index (χ1) is 10.8. The second-order valence-corrected chi connectivity index (χ2v) is 7.15. The lowest BCUT2D eigenvalue weighted by Crippen LogP contribution is -2.27. The third kappa shape index (κ3) is 3.91. The van der Waals surface area contributed by atoms with Crippen molar-refractivity contribution in [1.82, 2.24) is 20.1 Å². The molecule has 1 aromatic heterocycles. The van der Waals surface area contributed by atoms with Crippen molar-refractivity contribution in [3.63, 3.8) is 0 Å². The summed E-state index contributed by atoms with van der Waals surface area (Å²) in [4.78, 5) is 11.8. The van der Waals surface area contributed by atoms with Gasteiger partial charge in [0.05, 0.1) is 5.75 Å². The molecule has 1 amide bonds. The molecule has 0 bridgehead atoms. The van der Waals surface area contributed by atoms with Gasteiger partial charge in [0.1, 0.15) is 5.82 Å². The van der Waals surface area contributed by atoms with Crippen molar-refractivity contribution in [2.75, 3.05) is 5.75 Å². The molecule has 2 saturated carbocycles. The van der Waals surface area contributed by atoms with Crippen molar-refractivity contribution in [1.29, 1.82) is 0 Å². The van der Waals surface area contributed by atoms with Gasteiger partial charge in [-0.15, -0.1) is 16.8 Å². The summed E-state index contributed by atoms with van der Waals surface area (Å²) >= 11 is 1.48. The molecule has 1 N–H and O–H groups in total. The molecule has 0 aromatic carbocycles. The maximum Gasteiger partial charge on any atom is 0.230 e. The number of aromatic nitrogens is 3. The minimum absolute atomic E-state index is 0.0971. The Morgan fingerprint density at radius 1 is 1.27 bits per heavy atom. The Hall–Kier alpha value is -1.30. The van der Waals surface area contributed by atoms with Gasteiger partial charge in [-0.2, -0.15) is 0 Å². The molecule has 2 fully saturated rings. The van der Waals surface area contributed by atoms with Crippen LogP contribution in [0.4, 0.5) is 0 Å². The van der Waals surface area contributed by atoms with E-state index >= 15 is 0 Å². The molecule has 0 unspecified atom stereocenters. The molecule has 0 aliphatic heterocycles. The fraction of sp³-hybridized carbons (Fsp3) is 0.688. The van der Waals surface area contributed by atoms with Gasteiger partial charge in [-0.3, -0.25) is 4.79 Å². The highest BCUT2D eigenvalue weighted by molar-refractivity contribution is 7.99. The SMILES string of the molecule is C=CCn1c(SCC(=O)NC2CC2)nnc1C1CCCCC1. The van der Waals surface area contributed by atoms with Crippen LogP contribution in [0.15, 0.2) is 17.8 Å². The summed E-state index contributed by atoms with van der Waals surface area (Å²) in [6.45, 7) is 4.55. The Morgan fingerprint density at radius 2 is 2.05 bits per heavy atom. The van der Waals surface area contributed by atoms with Crippen molar-refractivity contribution in [3.05, 3.63) is 18.5 Å². The molecule has 6 heteroatoms. The summed E-state index contributed by atoms with van der Waals surface area (Å²) in [5, 5.41) is 12.6. The van der Waals surface area contributed by atoms with E-state index in [2.05, 4.69) is 26.7 Å². The van der Waals surface area contributed by atoms with E-state index in [0.717, 1.165) is 23.8 Å². The Labute approximate surface area is 136 Å². The first-order valence-electron chi connectivity index (χ1n) is 8.24. The van der Waals surface area contributed by atoms with Gasteiger partial charge in [-0.05, 0) is 25.7 Å². The number of carbonyl (C=O) groups excluding carboxylic acids is 1. The fourth-order valence-corrected chi connectivity index (χ4v) is 3.76. The van der Waals surface area contributed by atoms with Crippen LogP contribution < -0.4 is 5.32 Å². The number of carbonyl (C=O) groups is 1. The number of nitrogens with zero attached hydrogens (tertiary/aromatic N) is 3. The molecule has 0 atom stereocenters. The maximum atomic E-state index is 11.8. The second-order valence-electron chi connectivity index (χ2n) is 6.21. The lowest BCUT2D eigenvalue weighted by atomic mass is 9.89. The zero-order chi connectivity index (χ0) is 15.4. The van der Waals surface area contributed by atoms with Crippen LogP contribution in [-0.4, -0.2) is 32.5 Å². The van der Waals surface area contributed by atoms with Crippen molar-refractivity contribution in [3.8, 4) is 0 Å². The number of allylic oxidation sites excluding steroid dienone is 1. The summed E-state index contributed by atoms with van der Waals surface area (Å²) in [6.07, 6.45) is 10.4. The first-order valence-corrected chi connectivity index (χ1v) is 9.22. The molecule has 1 aromatic rings. The van der Waals surface area contributed by atoms with Gasteiger partial charge >= 0.3 is 0 Å². The number of hydrogen-bond donors (Lipinski definition) is 1. The molecule has 5 nitrogen and oxygen atoms in total. The maximum absolute atomic E-state index is 11.8. The predicted octanol–water partition coefficient (Wildman–Crippen LogP) is 2.88. The van der Waals surface area contributed by atoms with Crippen molar-refractivity contribution in [2.24, 2.45) is 0 Å². The van der Waals surface area contributed by atoms with Gasteiger partial charge < -0.3 is 9.88 Å². The van der Waals surface area contributed by atoms with Crippen LogP contribution in [-0.2, 0) is 11.3 Å². The Kier molecular flexibility index (Phi) is 5.18. The molecule has 2 aliphatic carbocycles. The van der Waals surface area contributed by atoms with Gasteiger partial charge in [0, 0.05) is 18.5 Å². The zero-order valence-electron chi connectivity index (χ0n) is 13.0. The quantitative estimate of drug-likeness (QED) is 0.620. The molecule has 1 heterocycles. The van der Waals surface area contributed by atoms with Crippen LogP contribution in [0, 0.1) is 0 Å². The van der Waals surface area contributed by atoms with Gasteiger partial charge in [-0.1, -0.05) is 37.1 Å². The summed E-state index contributed by atoms with van der Waals surface area (Å²) in [7, 11) is 0. The predicted molar refractivity (Wildman–Crippen MR) is 87.9 cm³/mol. The van der Waals surface area contributed by atoms with E-state index in [1.807, 2.05) is 6.08 Å². The molecular formula is C16H24N4OS. The largest absolute Gasteiger partial charge is 0.353 e. The van der Waals surface area contributed by atoms with E-state index in [1.165, 1.54) is 43.9 Å². The number of amides is 1. The highest BCUT2D eigenvalue weighted by Crippen LogP contribution is 2.33. The Morgan fingerprint density at radius 3 is 2.73 bits per heavy atom. The smallest absolute Gasteiger partial charge is 0.230 e. The first kappa shape index (κ1) is 15.6. The van der Waals surface area contributed by atoms with Crippen molar-refractivity contribution >= 4 is 17.7 Å². The highest BCUT2D eigenvalue weighted by Gasteiger charge is 2.25. The topological polar surface area (TPSA) is 59.8 Å². The van der Waals surface area contributed by atoms with Crippen LogP contribution >= 0.6 is 11.8 Å². The summed E-state index contributed by atoms with van der Waals surface area (Å²) < 4.78 is 2.14. The van der Waals surface area contributed by atoms with Crippen LogP contribution in [0.3, 0.4) is 0 Å². The highest BCUT2D eigenvalue weighted by atomic mass is 32.2. The number of thioether (sulfide) groups is 1. The van der Waals surface area contributed by atoms with E-state index < -0.39 is 0 Å². The summed E-state index contributed by atoms with van der Waals surface area (Å²) in [5.41, 5.74) is 0. The van der Waals surface area contributed by atoms with Crippen LogP contribution in [0.5, 0.6) is 0 Å². The van der Waals surface area contributed by atoms with E-state index in [0.29, 0.717) is 24.3 Å². The lowest BCUT2D eigenvalue weighted by Gasteiger charge is -2.21. The van der Waals surface area contributed by atoms with Crippen molar-refractivity contribution < 1.29 is 4.79 Å². The standard InChI is InChI=1S/C16H24N4OS/c1-2-10-20-15(12-6-4-3-5-7-12)18-19-16(20)22-11-14(21)17-13-8-9-13/h2,12-13H,1,3-11H2,(H,17,21). The number of hydrogen-bond acceptors (Lipinski definition) is 4. The lowest BCUT2D eigenvalue weighted by molar-refractivity contribution is -0.118. The Balaban J connectivity index is 1.65. The van der Waals surface area contributed by atoms with Gasteiger partial charge in [0.15, 0.2) is 5.16 Å². The molecule has 0 spiro atoms. The molecular weight excluding hydrogens is 296 g/mol. The molecule has 0 saturated heterocycles. The molecule has 22 heavy (non-hydrogen) atoms. The summed E-state index contributed by atoms with van der Waals surface area (Å²) in [6, 6.07) is 0.414. The van der Waals surface area contributed by atoms with Crippen LogP contribution in [0.1, 0.15) is 56.7 Å². The summed E-state index contributed by atoms with van der Waals surface area (Å²) in [5.74, 6) is 2.09. The minimum atomic E-state index is 0.0971. The third-order valence-electron chi connectivity index (χ3n) is 4.30. The third-order valence-corrected chi connectivity index (χ3v) is 5.27. The number of nitrogens with one attached hydrogen (secondary N) is 1. The average molecular weight is 320 g/mol. The van der Waals surface area contributed by atoms with E-state index in [-0.39, 0.29) is 5.91 Å². The van der Waals surface area contributed by atoms with E-state index in [4.69, 9.17) is 0 Å². The van der Waals surface area contributed by atoms with Gasteiger partial charge in [0.25, 0.3) is 0 Å². The van der Waals surface area contributed by atoms with Crippen LogP contribution in [0.2, 0.25) is 0 Å². The van der Waals surface area contributed by atoms with Crippen LogP contribution in [0.25, 0.3) is 0 Å². The monoisotopic (exact) mass is 320 g/mol. The van der Waals surface area contributed by atoms with Gasteiger partial charge in [-0.25, -0.2) is 0 Å². The molecule has 0 radical (unpaired) electrons. The zero-order valence-corrected chi connectivity index (χ0v) is 13.8. The van der Waals surface area contributed by atoms with Crippen molar-refractivity contribution in [2.45, 2.75) is 68.6 Å². The minimum Gasteiger partial charge on any atom is -0.353 e. The Bertz CT molecular complexity index is 532.